The standard InChI is InChI=1S/C34H28ClN7O4/c1-46-28-10-6-22(7-11-28)29-14-25(29)15-33(40-18-26(17-37-40)21-2-4-23(5-3-21)34(43)44)32-12-8-24(19-42(32)45)30-16-27(35)9-13-31(30)41-20-36-38-39-41/h2-13,16-20,25,29,33H,14-15H2,1H3,(H,43,44)/t25-,29+,33?/m0/s1. The van der Waals surface area contributed by atoms with Crippen LogP contribution in [0, 0.1) is 11.1 Å². The molecule has 1 fully saturated rings. The van der Waals surface area contributed by atoms with Gasteiger partial charge >= 0.3 is 5.97 Å². The fourth-order valence-electron chi connectivity index (χ4n) is 6.00. The van der Waals surface area contributed by atoms with Gasteiger partial charge in [-0.2, -0.15) is 14.5 Å². The van der Waals surface area contributed by atoms with Crippen LogP contribution in [0.3, 0.4) is 0 Å². The number of aromatic carboxylic acids is 1. The summed E-state index contributed by atoms with van der Waals surface area (Å²) in [4.78, 5) is 11.3. The van der Waals surface area contributed by atoms with Gasteiger partial charge in [-0.15, -0.1) is 5.10 Å². The van der Waals surface area contributed by atoms with Crippen molar-refractivity contribution in [2.75, 3.05) is 7.11 Å². The molecule has 1 aliphatic rings. The van der Waals surface area contributed by atoms with E-state index >= 15 is 0 Å². The van der Waals surface area contributed by atoms with Gasteiger partial charge in [-0.25, -0.2) is 4.79 Å². The summed E-state index contributed by atoms with van der Waals surface area (Å²) >= 11 is 6.36. The first-order valence-corrected chi connectivity index (χ1v) is 15.0. The lowest BCUT2D eigenvalue weighted by molar-refractivity contribution is -0.615. The van der Waals surface area contributed by atoms with Crippen LogP contribution in [0.25, 0.3) is 27.9 Å². The van der Waals surface area contributed by atoms with Gasteiger partial charge in [0.1, 0.15) is 18.1 Å². The Morgan fingerprint density at radius 3 is 2.54 bits per heavy atom. The van der Waals surface area contributed by atoms with Gasteiger partial charge in [-0.05, 0) is 94.8 Å². The van der Waals surface area contributed by atoms with E-state index in [1.807, 2.05) is 35.1 Å². The minimum atomic E-state index is -0.982. The van der Waals surface area contributed by atoms with Gasteiger partial charge in [0, 0.05) is 34.0 Å². The Hall–Kier alpha value is -5.55. The summed E-state index contributed by atoms with van der Waals surface area (Å²) in [7, 11) is 1.65. The Labute approximate surface area is 268 Å². The average molecular weight is 634 g/mol. The Kier molecular flexibility index (Phi) is 7.67. The maximum Gasteiger partial charge on any atom is 0.335 e. The van der Waals surface area contributed by atoms with Gasteiger partial charge in [-0.3, -0.25) is 4.68 Å². The summed E-state index contributed by atoms with van der Waals surface area (Å²) in [5, 5.41) is 39.8. The summed E-state index contributed by atoms with van der Waals surface area (Å²) in [5.41, 5.74) is 5.71. The van der Waals surface area contributed by atoms with Crippen LogP contribution in [0.5, 0.6) is 5.75 Å². The fourth-order valence-corrected chi connectivity index (χ4v) is 6.17. The molecule has 12 heteroatoms. The fraction of sp³-hybridized carbons (Fsp3) is 0.176. The SMILES string of the molecule is COc1ccc([C@H]2C[C@H]2CC(c2ccc(-c3cc(Cl)ccc3-n3cnnn3)c[n+]2[O-])n2cc(-c3ccc(C(=O)O)cc3)cn2)cc1. The van der Waals surface area contributed by atoms with Crippen molar-refractivity contribution in [2.24, 2.45) is 5.92 Å². The van der Waals surface area contributed by atoms with E-state index in [4.69, 9.17) is 21.4 Å². The van der Waals surface area contributed by atoms with Gasteiger partial charge in [0.15, 0.2) is 6.20 Å². The zero-order chi connectivity index (χ0) is 31.8. The largest absolute Gasteiger partial charge is 0.618 e. The number of carboxylic acids is 1. The number of ether oxygens (including phenoxy) is 1. The second-order valence-corrected chi connectivity index (χ2v) is 11.7. The molecule has 6 aromatic rings. The Bertz CT molecular complexity index is 2010. The van der Waals surface area contributed by atoms with Gasteiger partial charge in [0.05, 0.1) is 24.6 Å². The van der Waals surface area contributed by atoms with Crippen LogP contribution in [0.15, 0.2) is 104 Å². The summed E-state index contributed by atoms with van der Waals surface area (Å²) in [6.07, 6.45) is 8.38. The van der Waals surface area contributed by atoms with Crippen molar-refractivity contribution < 1.29 is 19.4 Å². The van der Waals surface area contributed by atoms with Crippen LogP contribution in [0.2, 0.25) is 5.02 Å². The molecular weight excluding hydrogens is 606 g/mol. The lowest BCUT2D eigenvalue weighted by atomic mass is 10.00. The molecule has 1 aliphatic carbocycles. The zero-order valence-electron chi connectivity index (χ0n) is 24.6. The number of aromatic nitrogens is 7. The number of halogens is 1. The highest BCUT2D eigenvalue weighted by atomic mass is 35.5. The molecule has 0 radical (unpaired) electrons. The van der Waals surface area contributed by atoms with Crippen LogP contribution >= 0.6 is 11.6 Å². The molecule has 0 spiro atoms. The Morgan fingerprint density at radius 2 is 1.85 bits per heavy atom. The van der Waals surface area contributed by atoms with Crippen molar-refractivity contribution in [3.63, 3.8) is 0 Å². The second kappa shape index (κ2) is 12.1. The van der Waals surface area contributed by atoms with E-state index in [0.29, 0.717) is 45.8 Å². The van der Waals surface area contributed by atoms with Gasteiger partial charge in [0.25, 0.3) is 0 Å². The van der Waals surface area contributed by atoms with Crippen molar-refractivity contribution in [3.8, 4) is 33.7 Å². The van der Waals surface area contributed by atoms with Crippen molar-refractivity contribution in [3.05, 3.63) is 131 Å². The number of methoxy groups -OCH3 is 1. The third-order valence-corrected chi connectivity index (χ3v) is 8.76. The number of rotatable bonds is 10. The van der Waals surface area contributed by atoms with Crippen LogP contribution in [-0.2, 0) is 0 Å². The molecule has 3 atom stereocenters. The highest BCUT2D eigenvalue weighted by Crippen LogP contribution is 2.52. The Morgan fingerprint density at radius 1 is 1.07 bits per heavy atom. The highest BCUT2D eigenvalue weighted by molar-refractivity contribution is 6.31. The predicted molar refractivity (Wildman–Crippen MR) is 170 cm³/mol. The molecule has 0 saturated heterocycles. The van der Waals surface area contributed by atoms with Crippen LogP contribution in [0.1, 0.15) is 46.4 Å². The first kappa shape index (κ1) is 29.2. The summed E-state index contributed by atoms with van der Waals surface area (Å²) in [5.74, 6) is 0.552. The number of hydrogen-bond acceptors (Lipinski definition) is 7. The molecule has 3 aromatic heterocycles. The number of benzene rings is 3. The van der Waals surface area contributed by atoms with E-state index < -0.39 is 5.97 Å². The maximum absolute atomic E-state index is 13.8. The molecule has 46 heavy (non-hydrogen) atoms. The van der Waals surface area contributed by atoms with Crippen molar-refractivity contribution in [2.45, 2.75) is 24.8 Å². The number of carbonyl (C=O) groups is 1. The number of hydrogen-bond donors (Lipinski definition) is 1. The first-order valence-electron chi connectivity index (χ1n) is 14.7. The summed E-state index contributed by atoms with van der Waals surface area (Å²) in [6, 6.07) is 23.5. The van der Waals surface area contributed by atoms with Crippen LogP contribution in [0.4, 0.5) is 0 Å². The third kappa shape index (κ3) is 5.80. The molecule has 0 amide bonds. The highest BCUT2D eigenvalue weighted by Gasteiger charge is 2.42. The number of tetrazole rings is 1. The van der Waals surface area contributed by atoms with E-state index in [1.165, 1.54) is 16.6 Å². The van der Waals surface area contributed by atoms with E-state index in [1.54, 1.807) is 62.0 Å². The van der Waals surface area contributed by atoms with E-state index in [-0.39, 0.29) is 11.6 Å². The smallest absolute Gasteiger partial charge is 0.335 e. The normalized spacial score (nSPS) is 16.2. The van der Waals surface area contributed by atoms with Gasteiger partial charge in [-0.1, -0.05) is 35.9 Å². The zero-order valence-corrected chi connectivity index (χ0v) is 25.4. The number of carboxylic acid groups (broad SMARTS) is 1. The molecule has 0 aliphatic heterocycles. The molecule has 230 valence electrons. The summed E-state index contributed by atoms with van der Waals surface area (Å²) < 4.78 is 9.59. The molecule has 1 N–H and O–H groups in total. The lowest BCUT2D eigenvalue weighted by Gasteiger charge is -2.18. The second-order valence-electron chi connectivity index (χ2n) is 11.3. The Balaban J connectivity index is 1.23. The van der Waals surface area contributed by atoms with Crippen molar-refractivity contribution in [1.29, 1.82) is 0 Å². The molecule has 11 nitrogen and oxygen atoms in total. The number of pyridine rings is 1. The predicted octanol–water partition coefficient (Wildman–Crippen LogP) is 5.97. The minimum absolute atomic E-state index is 0.211. The van der Waals surface area contributed by atoms with E-state index in [0.717, 1.165) is 28.0 Å². The minimum Gasteiger partial charge on any atom is -0.618 e. The van der Waals surface area contributed by atoms with Crippen molar-refractivity contribution in [1.82, 2.24) is 30.0 Å². The van der Waals surface area contributed by atoms with Gasteiger partial charge < -0.3 is 15.1 Å². The average Bonchev–Trinajstić information content (AvgIpc) is 3.40. The quantitative estimate of drug-likeness (QED) is 0.144. The molecular formula is C34H28ClN7O4. The van der Waals surface area contributed by atoms with E-state index in [9.17, 15) is 15.1 Å². The number of nitrogens with zero attached hydrogens (tertiary/aromatic N) is 7. The molecule has 1 saturated carbocycles. The third-order valence-electron chi connectivity index (χ3n) is 8.53. The van der Waals surface area contributed by atoms with Crippen LogP contribution < -0.4 is 9.47 Å². The first-order chi connectivity index (χ1) is 22.4. The summed E-state index contributed by atoms with van der Waals surface area (Å²) in [6.45, 7) is 0. The van der Waals surface area contributed by atoms with E-state index in [2.05, 4.69) is 27.7 Å². The molecule has 7 rings (SSSR count). The van der Waals surface area contributed by atoms with Gasteiger partial charge in [0.2, 0.25) is 5.69 Å². The molecule has 3 heterocycles. The monoisotopic (exact) mass is 633 g/mol. The molecule has 3 aromatic carbocycles. The molecule has 1 unspecified atom stereocenters. The maximum atomic E-state index is 13.8. The van der Waals surface area contributed by atoms with Crippen molar-refractivity contribution >= 4 is 17.6 Å². The topological polar surface area (TPSA) is 135 Å². The molecule has 0 bridgehead atoms. The lowest BCUT2D eigenvalue weighted by Crippen LogP contribution is -2.35. The van der Waals surface area contributed by atoms with Crippen LogP contribution in [-0.4, -0.2) is 48.2 Å².